The molecule has 0 bridgehead atoms. The molecule has 2 atom stereocenters. The fourth-order valence-electron chi connectivity index (χ4n) is 2.77. The maximum atomic E-state index is 12.4. The van der Waals surface area contributed by atoms with Crippen molar-refractivity contribution in [1.29, 1.82) is 0 Å². The molecule has 10 heteroatoms. The summed E-state index contributed by atoms with van der Waals surface area (Å²) in [7, 11) is 0. The normalized spacial score (nSPS) is 21.7. The van der Waals surface area contributed by atoms with E-state index in [-0.39, 0.29) is 30.4 Å². The quantitative estimate of drug-likeness (QED) is 0.498. The molecule has 138 valence electrons. The Hall–Kier alpha value is -2.33. The number of ether oxygens (including phenoxy) is 1. The van der Waals surface area contributed by atoms with Crippen LogP contribution >= 0.6 is 23.1 Å². The number of carbonyl (C=O) groups is 4. The zero-order chi connectivity index (χ0) is 18.8. The number of esters is 1. The number of thiophene rings is 1. The summed E-state index contributed by atoms with van der Waals surface area (Å²) in [6.45, 7) is 1.00. The average Bonchev–Trinajstić information content (AvgIpc) is 3.09. The maximum Gasteiger partial charge on any atom is 0.302 e. The van der Waals surface area contributed by atoms with Crippen LogP contribution in [-0.4, -0.2) is 52.4 Å². The highest BCUT2D eigenvalue weighted by Crippen LogP contribution is 2.40. The lowest BCUT2D eigenvalue weighted by Crippen LogP contribution is -2.71. The van der Waals surface area contributed by atoms with E-state index in [0.717, 1.165) is 9.78 Å². The van der Waals surface area contributed by atoms with Gasteiger partial charge >= 0.3 is 5.97 Å². The lowest BCUT2D eigenvalue weighted by molar-refractivity contribution is -0.301. The predicted octanol–water partition coefficient (Wildman–Crippen LogP) is -0.742. The first-order valence-electron chi connectivity index (χ1n) is 7.71. The molecule has 1 aromatic rings. The summed E-state index contributed by atoms with van der Waals surface area (Å²) in [5, 5.41) is 15.5. The van der Waals surface area contributed by atoms with Gasteiger partial charge in [-0.05, 0) is 11.4 Å². The molecule has 26 heavy (non-hydrogen) atoms. The summed E-state index contributed by atoms with van der Waals surface area (Å²) < 4.78 is 4.85. The van der Waals surface area contributed by atoms with Gasteiger partial charge in [-0.15, -0.1) is 23.1 Å². The number of β-lactam (4-membered cyclic amide) rings is 1. The average molecular weight is 395 g/mol. The topological polar surface area (TPSA) is 116 Å². The van der Waals surface area contributed by atoms with Crippen molar-refractivity contribution in [1.82, 2.24) is 10.2 Å². The van der Waals surface area contributed by atoms with Gasteiger partial charge in [-0.25, -0.2) is 0 Å². The van der Waals surface area contributed by atoms with E-state index in [2.05, 4.69) is 5.32 Å². The van der Waals surface area contributed by atoms with Gasteiger partial charge in [0.1, 0.15) is 18.0 Å². The van der Waals surface area contributed by atoms with Crippen molar-refractivity contribution < 1.29 is 29.0 Å². The lowest BCUT2D eigenvalue weighted by atomic mass is 10.0. The minimum absolute atomic E-state index is 0.166. The van der Waals surface area contributed by atoms with Gasteiger partial charge in [-0.3, -0.25) is 19.3 Å². The number of rotatable bonds is 6. The van der Waals surface area contributed by atoms with Crippen LogP contribution in [0.5, 0.6) is 0 Å². The van der Waals surface area contributed by atoms with E-state index in [9.17, 15) is 24.3 Å². The Balaban J connectivity index is 1.69. The number of aliphatic carboxylic acids is 1. The number of carbonyl (C=O) groups excluding carboxylic acids is 4. The SMILES string of the molecule is CC(=O)OCC1=C(C(=O)[O-])N2C(=O)[C@H](NC(=O)Cc3cccs3)[C@H]2SC1. The molecule has 2 aliphatic rings. The van der Waals surface area contributed by atoms with Gasteiger partial charge in [0.25, 0.3) is 5.91 Å². The second kappa shape index (κ2) is 7.50. The molecular formula is C16H15N2O6S2-. The minimum Gasteiger partial charge on any atom is -0.543 e. The highest BCUT2D eigenvalue weighted by Gasteiger charge is 2.52. The predicted molar refractivity (Wildman–Crippen MR) is 91.7 cm³/mol. The molecule has 1 N–H and O–H groups in total. The Morgan fingerprint density at radius 2 is 2.19 bits per heavy atom. The number of nitrogens with zero attached hydrogens (tertiary/aromatic N) is 1. The van der Waals surface area contributed by atoms with Gasteiger partial charge in [0.05, 0.1) is 18.1 Å². The summed E-state index contributed by atoms with van der Waals surface area (Å²) in [6, 6.07) is 2.88. The Labute approximate surface area is 157 Å². The summed E-state index contributed by atoms with van der Waals surface area (Å²) >= 11 is 2.75. The summed E-state index contributed by atoms with van der Waals surface area (Å²) in [5.74, 6) is -2.59. The van der Waals surface area contributed by atoms with Crippen LogP contribution in [0.15, 0.2) is 28.8 Å². The Kier molecular flexibility index (Phi) is 5.33. The highest BCUT2D eigenvalue weighted by atomic mass is 32.2. The number of carboxylic acids is 1. The maximum absolute atomic E-state index is 12.4. The number of fused-ring (bicyclic) bond motifs is 1. The van der Waals surface area contributed by atoms with Gasteiger partial charge in [0.2, 0.25) is 5.91 Å². The highest BCUT2D eigenvalue weighted by molar-refractivity contribution is 8.00. The van der Waals surface area contributed by atoms with Crippen LogP contribution in [0.1, 0.15) is 11.8 Å². The van der Waals surface area contributed by atoms with E-state index < -0.39 is 29.3 Å². The number of hydrogen-bond acceptors (Lipinski definition) is 8. The van der Waals surface area contributed by atoms with Crippen LogP contribution in [-0.2, 0) is 30.3 Å². The van der Waals surface area contributed by atoms with Crippen LogP contribution < -0.4 is 10.4 Å². The second-order valence-corrected chi connectivity index (χ2v) is 7.87. The zero-order valence-electron chi connectivity index (χ0n) is 13.7. The zero-order valence-corrected chi connectivity index (χ0v) is 15.4. The molecule has 3 heterocycles. The number of carboxylic acid groups (broad SMARTS) is 1. The van der Waals surface area contributed by atoms with E-state index in [1.54, 1.807) is 0 Å². The molecule has 0 radical (unpaired) electrons. The summed E-state index contributed by atoms with van der Waals surface area (Å²) in [4.78, 5) is 48.9. The fourth-order valence-corrected chi connectivity index (χ4v) is 4.80. The Morgan fingerprint density at radius 3 is 2.81 bits per heavy atom. The van der Waals surface area contributed by atoms with Crippen molar-refractivity contribution in [2.45, 2.75) is 24.8 Å². The van der Waals surface area contributed by atoms with E-state index in [1.165, 1.54) is 30.0 Å². The van der Waals surface area contributed by atoms with Gasteiger partial charge in [0, 0.05) is 23.1 Å². The number of thioether (sulfide) groups is 1. The van der Waals surface area contributed by atoms with E-state index >= 15 is 0 Å². The molecule has 0 aliphatic carbocycles. The van der Waals surface area contributed by atoms with Crippen molar-refractivity contribution in [2.75, 3.05) is 12.4 Å². The molecule has 1 fully saturated rings. The molecule has 0 saturated carbocycles. The number of hydrogen-bond donors (Lipinski definition) is 1. The van der Waals surface area contributed by atoms with Crippen LogP contribution in [0.25, 0.3) is 0 Å². The molecular weight excluding hydrogens is 380 g/mol. The van der Waals surface area contributed by atoms with Crippen molar-refractivity contribution in [3.05, 3.63) is 33.7 Å². The molecule has 2 amide bonds. The van der Waals surface area contributed by atoms with Crippen molar-refractivity contribution in [3.8, 4) is 0 Å². The molecule has 1 aromatic heterocycles. The molecule has 1 saturated heterocycles. The second-order valence-electron chi connectivity index (χ2n) is 5.73. The van der Waals surface area contributed by atoms with Gasteiger partial charge < -0.3 is 20.0 Å². The number of amides is 2. The molecule has 0 aromatic carbocycles. The molecule has 3 rings (SSSR count). The van der Waals surface area contributed by atoms with E-state index in [1.807, 2.05) is 17.5 Å². The third kappa shape index (κ3) is 3.61. The Morgan fingerprint density at radius 1 is 1.42 bits per heavy atom. The lowest BCUT2D eigenvalue weighted by Gasteiger charge is -2.50. The Bertz CT molecular complexity index is 789. The van der Waals surface area contributed by atoms with Crippen LogP contribution in [0, 0.1) is 0 Å². The van der Waals surface area contributed by atoms with Gasteiger partial charge in [0.15, 0.2) is 0 Å². The third-order valence-corrected chi connectivity index (χ3v) is 6.14. The largest absolute Gasteiger partial charge is 0.543 e. The van der Waals surface area contributed by atoms with E-state index in [4.69, 9.17) is 4.74 Å². The van der Waals surface area contributed by atoms with Crippen molar-refractivity contribution in [2.24, 2.45) is 0 Å². The summed E-state index contributed by atoms with van der Waals surface area (Å²) in [6.07, 6.45) is 0.166. The molecule has 8 nitrogen and oxygen atoms in total. The van der Waals surface area contributed by atoms with Gasteiger partial charge in [-0.1, -0.05) is 6.07 Å². The third-order valence-electron chi connectivity index (χ3n) is 3.92. The molecule has 2 aliphatic heterocycles. The minimum atomic E-state index is -1.51. The summed E-state index contributed by atoms with van der Waals surface area (Å²) in [5.41, 5.74) is 0.0296. The van der Waals surface area contributed by atoms with Crippen LogP contribution in [0.4, 0.5) is 0 Å². The first-order valence-corrected chi connectivity index (χ1v) is 9.64. The van der Waals surface area contributed by atoms with Crippen LogP contribution in [0.2, 0.25) is 0 Å². The standard InChI is InChI=1S/C16H16N2O6S2/c1-8(19)24-6-9-7-26-15-12(14(21)18(15)13(9)16(22)23)17-11(20)5-10-3-2-4-25-10/h2-4,12,15H,5-7H2,1H3,(H,17,20)(H,22,23)/p-1/t12-,15+/m0/s1. The smallest absolute Gasteiger partial charge is 0.302 e. The van der Waals surface area contributed by atoms with Crippen molar-refractivity contribution >= 4 is 46.9 Å². The fraction of sp³-hybridized carbons (Fsp3) is 0.375. The number of nitrogens with one attached hydrogen (secondary N) is 1. The van der Waals surface area contributed by atoms with E-state index in [0.29, 0.717) is 5.57 Å². The molecule has 0 unspecified atom stereocenters. The van der Waals surface area contributed by atoms with Crippen molar-refractivity contribution in [3.63, 3.8) is 0 Å². The first-order chi connectivity index (χ1) is 12.4. The van der Waals surface area contributed by atoms with Crippen LogP contribution in [0.3, 0.4) is 0 Å². The molecule has 0 spiro atoms. The first kappa shape index (κ1) is 18.5. The van der Waals surface area contributed by atoms with Gasteiger partial charge in [-0.2, -0.15) is 0 Å². The monoisotopic (exact) mass is 395 g/mol.